The maximum Gasteiger partial charge on any atom is 0.148 e. The van der Waals surface area contributed by atoms with E-state index in [1.165, 1.54) is 13.2 Å². The highest BCUT2D eigenvalue weighted by molar-refractivity contribution is 9.10. The summed E-state index contributed by atoms with van der Waals surface area (Å²) in [6, 6.07) is 8.64. The summed E-state index contributed by atoms with van der Waals surface area (Å²) in [5, 5.41) is 3.09. The molecular formula is C15H16BrFN2O. The van der Waals surface area contributed by atoms with E-state index in [0.29, 0.717) is 11.4 Å². The minimum atomic E-state index is -0.409. The first-order chi connectivity index (χ1) is 9.55. The van der Waals surface area contributed by atoms with E-state index in [4.69, 9.17) is 10.5 Å². The molecule has 2 aromatic rings. The number of hydrogen-bond acceptors (Lipinski definition) is 3. The number of benzene rings is 2. The highest BCUT2D eigenvalue weighted by Crippen LogP contribution is 2.32. The van der Waals surface area contributed by atoms with Crippen LogP contribution in [0.5, 0.6) is 5.75 Å². The molecule has 5 heteroatoms. The van der Waals surface area contributed by atoms with Gasteiger partial charge < -0.3 is 15.8 Å². The van der Waals surface area contributed by atoms with Gasteiger partial charge in [-0.2, -0.15) is 0 Å². The molecule has 0 heterocycles. The molecule has 2 aromatic carbocycles. The fourth-order valence-electron chi connectivity index (χ4n) is 1.96. The monoisotopic (exact) mass is 338 g/mol. The van der Waals surface area contributed by atoms with Gasteiger partial charge in [0.25, 0.3) is 0 Å². The lowest BCUT2D eigenvalue weighted by atomic mass is 10.1. The van der Waals surface area contributed by atoms with Crippen LogP contribution in [-0.4, -0.2) is 7.11 Å². The average molecular weight is 339 g/mol. The number of rotatable bonds is 4. The smallest absolute Gasteiger partial charge is 0.148 e. The zero-order valence-corrected chi connectivity index (χ0v) is 12.9. The Morgan fingerprint density at radius 1 is 1.25 bits per heavy atom. The van der Waals surface area contributed by atoms with E-state index in [1.807, 2.05) is 25.1 Å². The van der Waals surface area contributed by atoms with Crippen LogP contribution in [-0.2, 0) is 6.42 Å². The summed E-state index contributed by atoms with van der Waals surface area (Å²) >= 11 is 3.43. The van der Waals surface area contributed by atoms with E-state index in [-0.39, 0.29) is 5.69 Å². The van der Waals surface area contributed by atoms with Crippen molar-refractivity contribution in [1.29, 1.82) is 0 Å². The SMILES string of the molecule is CCc1cc(Br)ccc1Nc1cc(OC)c(N)cc1F. The Kier molecular flexibility index (Phi) is 4.49. The molecule has 0 radical (unpaired) electrons. The molecule has 0 saturated heterocycles. The molecular weight excluding hydrogens is 323 g/mol. The number of nitrogen functional groups attached to an aromatic ring is 1. The number of methoxy groups -OCH3 is 1. The van der Waals surface area contributed by atoms with Crippen LogP contribution in [0.3, 0.4) is 0 Å². The Bertz CT molecular complexity index is 632. The first kappa shape index (κ1) is 14.7. The number of aryl methyl sites for hydroxylation is 1. The van der Waals surface area contributed by atoms with Gasteiger partial charge >= 0.3 is 0 Å². The van der Waals surface area contributed by atoms with Crippen LogP contribution in [0.25, 0.3) is 0 Å². The molecule has 2 rings (SSSR count). The van der Waals surface area contributed by atoms with E-state index < -0.39 is 5.82 Å². The maximum atomic E-state index is 14.0. The molecule has 3 N–H and O–H groups in total. The maximum absolute atomic E-state index is 14.0. The molecule has 3 nitrogen and oxygen atoms in total. The second-order valence-corrected chi connectivity index (χ2v) is 5.27. The lowest BCUT2D eigenvalue weighted by Crippen LogP contribution is -2.00. The molecule has 0 aromatic heterocycles. The normalized spacial score (nSPS) is 10.4. The van der Waals surface area contributed by atoms with Crippen molar-refractivity contribution in [3.05, 3.63) is 46.2 Å². The van der Waals surface area contributed by atoms with Gasteiger partial charge in [-0.05, 0) is 30.2 Å². The number of halogens is 2. The van der Waals surface area contributed by atoms with E-state index in [2.05, 4.69) is 21.2 Å². The molecule has 0 spiro atoms. The molecule has 0 aliphatic rings. The van der Waals surface area contributed by atoms with Crippen LogP contribution in [0, 0.1) is 5.82 Å². The fourth-order valence-corrected chi connectivity index (χ4v) is 2.37. The number of nitrogens with one attached hydrogen (secondary N) is 1. The highest BCUT2D eigenvalue weighted by atomic mass is 79.9. The average Bonchev–Trinajstić information content (AvgIpc) is 2.43. The largest absolute Gasteiger partial charge is 0.495 e. The predicted octanol–water partition coefficient (Wildman–Crippen LogP) is 4.49. The molecule has 0 fully saturated rings. The summed E-state index contributed by atoms with van der Waals surface area (Å²) in [4.78, 5) is 0. The van der Waals surface area contributed by atoms with Crippen molar-refractivity contribution in [2.24, 2.45) is 0 Å². The third-order valence-corrected chi connectivity index (χ3v) is 3.53. The molecule has 106 valence electrons. The van der Waals surface area contributed by atoms with Gasteiger partial charge in [0, 0.05) is 22.3 Å². The van der Waals surface area contributed by atoms with Crippen molar-refractivity contribution >= 4 is 33.0 Å². The molecule has 0 saturated carbocycles. The Balaban J connectivity index is 2.39. The summed E-state index contributed by atoms with van der Waals surface area (Å²) in [6.07, 6.45) is 0.843. The summed E-state index contributed by atoms with van der Waals surface area (Å²) < 4.78 is 20.1. The second kappa shape index (κ2) is 6.13. The van der Waals surface area contributed by atoms with Crippen molar-refractivity contribution < 1.29 is 9.13 Å². The predicted molar refractivity (Wildman–Crippen MR) is 84.2 cm³/mol. The first-order valence-electron chi connectivity index (χ1n) is 6.23. The zero-order chi connectivity index (χ0) is 14.7. The number of ether oxygens (including phenoxy) is 1. The van der Waals surface area contributed by atoms with Crippen LogP contribution in [0.15, 0.2) is 34.8 Å². The Hall–Kier alpha value is -1.75. The van der Waals surface area contributed by atoms with Crippen LogP contribution >= 0.6 is 15.9 Å². The summed E-state index contributed by atoms with van der Waals surface area (Å²) in [5.41, 5.74) is 8.25. The minimum Gasteiger partial charge on any atom is -0.495 e. The van der Waals surface area contributed by atoms with Gasteiger partial charge in [0.05, 0.1) is 18.5 Å². The standard InChI is InChI=1S/C15H16BrFN2O/c1-3-9-6-10(16)4-5-13(9)19-14-8-15(20-2)12(18)7-11(14)17/h4-8,19H,3,18H2,1-2H3. The first-order valence-corrected chi connectivity index (χ1v) is 7.03. The Morgan fingerprint density at radius 3 is 2.65 bits per heavy atom. The molecule has 0 amide bonds. The van der Waals surface area contributed by atoms with Gasteiger partial charge in [-0.3, -0.25) is 0 Å². The lowest BCUT2D eigenvalue weighted by Gasteiger charge is -2.14. The van der Waals surface area contributed by atoms with Crippen LogP contribution in [0.2, 0.25) is 0 Å². The molecule has 20 heavy (non-hydrogen) atoms. The molecule has 0 bridgehead atoms. The molecule has 0 atom stereocenters. The lowest BCUT2D eigenvalue weighted by molar-refractivity contribution is 0.416. The topological polar surface area (TPSA) is 47.3 Å². The molecule has 0 aliphatic heterocycles. The van der Waals surface area contributed by atoms with E-state index in [9.17, 15) is 4.39 Å². The third kappa shape index (κ3) is 3.04. The summed E-state index contributed by atoms with van der Waals surface area (Å²) in [5.74, 6) is 0.0392. The summed E-state index contributed by atoms with van der Waals surface area (Å²) in [7, 11) is 1.50. The zero-order valence-electron chi connectivity index (χ0n) is 11.3. The van der Waals surface area contributed by atoms with Gasteiger partial charge in [0.15, 0.2) is 0 Å². The van der Waals surface area contributed by atoms with E-state index >= 15 is 0 Å². The van der Waals surface area contributed by atoms with Crippen molar-refractivity contribution in [1.82, 2.24) is 0 Å². The second-order valence-electron chi connectivity index (χ2n) is 4.35. The fraction of sp³-hybridized carbons (Fsp3) is 0.200. The van der Waals surface area contributed by atoms with Crippen LogP contribution in [0.1, 0.15) is 12.5 Å². The van der Waals surface area contributed by atoms with Gasteiger partial charge in [0.1, 0.15) is 11.6 Å². The Morgan fingerprint density at radius 2 is 2.00 bits per heavy atom. The number of anilines is 3. The highest BCUT2D eigenvalue weighted by Gasteiger charge is 2.10. The molecule has 0 unspecified atom stereocenters. The third-order valence-electron chi connectivity index (χ3n) is 3.04. The van der Waals surface area contributed by atoms with Crippen molar-refractivity contribution in [2.75, 3.05) is 18.2 Å². The van der Waals surface area contributed by atoms with Crippen molar-refractivity contribution in [3.63, 3.8) is 0 Å². The number of nitrogens with two attached hydrogens (primary N) is 1. The number of hydrogen-bond donors (Lipinski definition) is 2. The van der Waals surface area contributed by atoms with E-state index in [0.717, 1.165) is 22.1 Å². The van der Waals surface area contributed by atoms with Crippen LogP contribution < -0.4 is 15.8 Å². The quantitative estimate of drug-likeness (QED) is 0.807. The van der Waals surface area contributed by atoms with Gasteiger partial charge in [-0.25, -0.2) is 4.39 Å². The van der Waals surface area contributed by atoms with Gasteiger partial charge in [-0.1, -0.05) is 22.9 Å². The molecule has 0 aliphatic carbocycles. The summed E-state index contributed by atoms with van der Waals surface area (Å²) in [6.45, 7) is 2.05. The van der Waals surface area contributed by atoms with Gasteiger partial charge in [-0.15, -0.1) is 0 Å². The Labute approximate surface area is 126 Å². The van der Waals surface area contributed by atoms with E-state index in [1.54, 1.807) is 6.07 Å². The van der Waals surface area contributed by atoms with Crippen molar-refractivity contribution in [2.45, 2.75) is 13.3 Å². The minimum absolute atomic E-state index is 0.280. The van der Waals surface area contributed by atoms with Crippen molar-refractivity contribution in [3.8, 4) is 5.75 Å². The van der Waals surface area contributed by atoms with Gasteiger partial charge in [0.2, 0.25) is 0 Å². The van der Waals surface area contributed by atoms with Crippen LogP contribution in [0.4, 0.5) is 21.5 Å².